The second-order valence-corrected chi connectivity index (χ2v) is 6.65. The van der Waals surface area contributed by atoms with Crippen molar-refractivity contribution in [2.45, 2.75) is 39.4 Å². The molecule has 160 valence electrons. The minimum Gasteiger partial charge on any atom is -0.476 e. The van der Waals surface area contributed by atoms with Gasteiger partial charge in [-0.15, -0.1) is 24.0 Å². The average molecular weight is 517 g/mol. The van der Waals surface area contributed by atoms with Crippen LogP contribution in [0.2, 0.25) is 0 Å². The van der Waals surface area contributed by atoms with Crippen molar-refractivity contribution in [1.82, 2.24) is 20.9 Å². The molecule has 0 saturated carbocycles. The van der Waals surface area contributed by atoms with Crippen molar-refractivity contribution >= 4 is 35.8 Å². The van der Waals surface area contributed by atoms with Crippen LogP contribution >= 0.6 is 24.0 Å². The molecular formula is C17H27F3IN5O2. The highest BCUT2D eigenvalue weighted by molar-refractivity contribution is 14.0. The molecule has 0 atom stereocenters. The first-order chi connectivity index (χ1) is 12.5. The summed E-state index contributed by atoms with van der Waals surface area (Å²) in [6, 6.07) is 2.08. The Kier molecular flexibility index (Phi) is 11.2. The van der Waals surface area contributed by atoms with Gasteiger partial charge in [0.25, 0.3) is 0 Å². The maximum Gasteiger partial charge on any atom is 0.417 e. The zero-order chi connectivity index (χ0) is 20.5. The molecule has 1 amide bonds. The summed E-state index contributed by atoms with van der Waals surface area (Å²) in [6.45, 7) is 8.59. The first kappa shape index (κ1) is 26.2. The fraction of sp³-hybridized carbons (Fsp3) is 0.588. The van der Waals surface area contributed by atoms with Crippen molar-refractivity contribution < 1.29 is 22.7 Å². The molecule has 1 heterocycles. The highest BCUT2D eigenvalue weighted by atomic mass is 127. The van der Waals surface area contributed by atoms with Gasteiger partial charge < -0.3 is 20.7 Å². The molecule has 0 bridgehead atoms. The molecule has 1 aromatic rings. The lowest BCUT2D eigenvalue weighted by Crippen LogP contribution is -2.43. The van der Waals surface area contributed by atoms with Gasteiger partial charge in [0, 0.05) is 24.3 Å². The Balaban J connectivity index is 0.00000729. The average Bonchev–Trinajstić information content (AvgIpc) is 2.54. The van der Waals surface area contributed by atoms with E-state index < -0.39 is 11.7 Å². The van der Waals surface area contributed by atoms with Crippen LogP contribution in [0.5, 0.6) is 5.88 Å². The second kappa shape index (κ2) is 11.9. The summed E-state index contributed by atoms with van der Waals surface area (Å²) in [5, 5.41) is 8.76. The lowest BCUT2D eigenvalue weighted by atomic mass is 10.1. The van der Waals surface area contributed by atoms with Crippen LogP contribution in [0.3, 0.4) is 0 Å². The van der Waals surface area contributed by atoms with Crippen LogP contribution < -0.4 is 20.7 Å². The largest absolute Gasteiger partial charge is 0.476 e. The maximum absolute atomic E-state index is 12.5. The molecule has 0 radical (unpaired) electrons. The number of hydrogen-bond donors (Lipinski definition) is 3. The van der Waals surface area contributed by atoms with Crippen LogP contribution in [0.4, 0.5) is 13.2 Å². The molecular weight excluding hydrogens is 490 g/mol. The van der Waals surface area contributed by atoms with E-state index >= 15 is 0 Å². The van der Waals surface area contributed by atoms with Crippen molar-refractivity contribution in [3.05, 3.63) is 23.9 Å². The zero-order valence-corrected chi connectivity index (χ0v) is 18.6. The first-order valence-corrected chi connectivity index (χ1v) is 8.50. The van der Waals surface area contributed by atoms with Gasteiger partial charge in [0.05, 0.1) is 12.1 Å². The number of halogens is 4. The molecule has 3 N–H and O–H groups in total. The number of nitrogens with one attached hydrogen (secondary N) is 3. The Morgan fingerprint density at radius 1 is 1.21 bits per heavy atom. The lowest BCUT2D eigenvalue weighted by Gasteiger charge is -2.20. The zero-order valence-electron chi connectivity index (χ0n) is 16.3. The van der Waals surface area contributed by atoms with Gasteiger partial charge in [-0.1, -0.05) is 0 Å². The summed E-state index contributed by atoms with van der Waals surface area (Å²) in [5.74, 6) is 0.326. The van der Waals surface area contributed by atoms with Crippen molar-refractivity contribution in [2.24, 2.45) is 4.99 Å². The SMILES string of the molecule is CCNC(=NCC(=O)NC(C)(C)C)NCCOc1ccc(C(F)(F)F)cn1.I. The maximum atomic E-state index is 12.5. The Morgan fingerprint density at radius 2 is 1.89 bits per heavy atom. The summed E-state index contributed by atoms with van der Waals surface area (Å²) in [4.78, 5) is 19.6. The summed E-state index contributed by atoms with van der Waals surface area (Å²) in [7, 11) is 0. The van der Waals surface area contributed by atoms with Crippen LogP contribution in [-0.4, -0.2) is 48.6 Å². The number of ether oxygens (including phenoxy) is 1. The Hall–Kier alpha value is -1.79. The topological polar surface area (TPSA) is 87.6 Å². The summed E-state index contributed by atoms with van der Waals surface area (Å²) in [6.07, 6.45) is -3.70. The van der Waals surface area contributed by atoms with E-state index in [0.29, 0.717) is 19.0 Å². The molecule has 0 aliphatic rings. The Labute approximate surface area is 179 Å². The third-order valence-electron chi connectivity index (χ3n) is 2.95. The summed E-state index contributed by atoms with van der Waals surface area (Å²) in [5.41, 5.74) is -1.16. The summed E-state index contributed by atoms with van der Waals surface area (Å²) < 4.78 is 42.7. The normalized spacial score (nSPS) is 12.0. The molecule has 0 unspecified atom stereocenters. The second-order valence-electron chi connectivity index (χ2n) is 6.65. The first-order valence-electron chi connectivity index (χ1n) is 8.50. The standard InChI is InChI=1S/C17H26F3N5O2.HI/c1-5-21-15(24-11-13(26)25-16(2,3)4)22-8-9-27-14-7-6-12(10-23-14)17(18,19)20;/h6-7,10H,5,8-9,11H2,1-4H3,(H,25,26)(H2,21,22,24);1H. The third kappa shape index (κ3) is 11.1. The lowest BCUT2D eigenvalue weighted by molar-refractivity contribution is -0.137. The molecule has 7 nitrogen and oxygen atoms in total. The number of aliphatic imine (C=N–C) groups is 1. The number of rotatable bonds is 7. The third-order valence-corrected chi connectivity index (χ3v) is 2.95. The van der Waals surface area contributed by atoms with E-state index in [1.807, 2.05) is 27.7 Å². The number of nitrogens with zero attached hydrogens (tertiary/aromatic N) is 2. The van der Waals surface area contributed by atoms with Gasteiger partial charge in [-0.25, -0.2) is 9.98 Å². The van der Waals surface area contributed by atoms with E-state index in [9.17, 15) is 18.0 Å². The molecule has 0 fully saturated rings. The van der Waals surface area contributed by atoms with Crippen LogP contribution in [-0.2, 0) is 11.0 Å². The van der Waals surface area contributed by atoms with Gasteiger partial charge in [-0.05, 0) is 33.8 Å². The molecule has 0 aliphatic heterocycles. The smallest absolute Gasteiger partial charge is 0.417 e. The molecule has 1 rings (SSSR count). The fourth-order valence-corrected chi connectivity index (χ4v) is 1.91. The molecule has 28 heavy (non-hydrogen) atoms. The molecule has 0 saturated heterocycles. The van der Waals surface area contributed by atoms with Crippen LogP contribution in [0.25, 0.3) is 0 Å². The van der Waals surface area contributed by atoms with Gasteiger partial charge in [0.15, 0.2) is 5.96 Å². The fourth-order valence-electron chi connectivity index (χ4n) is 1.91. The van der Waals surface area contributed by atoms with Crippen LogP contribution in [0.1, 0.15) is 33.3 Å². The predicted octanol–water partition coefficient (Wildman–Crippen LogP) is 2.57. The van der Waals surface area contributed by atoms with E-state index in [0.717, 1.165) is 12.3 Å². The highest BCUT2D eigenvalue weighted by Crippen LogP contribution is 2.29. The molecule has 11 heteroatoms. The van der Waals surface area contributed by atoms with Gasteiger partial charge >= 0.3 is 6.18 Å². The highest BCUT2D eigenvalue weighted by Gasteiger charge is 2.30. The predicted molar refractivity (Wildman–Crippen MR) is 112 cm³/mol. The number of pyridine rings is 1. The van der Waals surface area contributed by atoms with E-state index in [2.05, 4.69) is 25.9 Å². The number of hydrogen-bond acceptors (Lipinski definition) is 4. The van der Waals surface area contributed by atoms with Crippen LogP contribution in [0, 0.1) is 0 Å². The Bertz CT molecular complexity index is 631. The number of alkyl halides is 3. The molecule has 0 spiro atoms. The summed E-state index contributed by atoms with van der Waals surface area (Å²) >= 11 is 0. The van der Waals surface area contributed by atoms with E-state index in [4.69, 9.17) is 4.74 Å². The van der Waals surface area contributed by atoms with Crippen molar-refractivity contribution in [3.63, 3.8) is 0 Å². The quantitative estimate of drug-likeness (QED) is 0.224. The van der Waals surface area contributed by atoms with Gasteiger partial charge in [-0.2, -0.15) is 13.2 Å². The van der Waals surface area contributed by atoms with Crippen molar-refractivity contribution in [1.29, 1.82) is 0 Å². The van der Waals surface area contributed by atoms with Crippen molar-refractivity contribution in [2.75, 3.05) is 26.2 Å². The van der Waals surface area contributed by atoms with E-state index in [1.54, 1.807) is 0 Å². The van der Waals surface area contributed by atoms with E-state index in [1.165, 1.54) is 6.07 Å². The minimum absolute atomic E-state index is 0. The number of aromatic nitrogens is 1. The monoisotopic (exact) mass is 517 g/mol. The van der Waals surface area contributed by atoms with Gasteiger partial charge in [0.2, 0.25) is 11.8 Å². The molecule has 0 aliphatic carbocycles. The van der Waals surface area contributed by atoms with E-state index in [-0.39, 0.29) is 54.5 Å². The number of guanidine groups is 1. The number of carbonyl (C=O) groups is 1. The van der Waals surface area contributed by atoms with Gasteiger partial charge in [0.1, 0.15) is 13.2 Å². The number of carbonyl (C=O) groups excluding carboxylic acids is 1. The van der Waals surface area contributed by atoms with Crippen LogP contribution in [0.15, 0.2) is 23.3 Å². The molecule has 0 aromatic carbocycles. The molecule has 1 aromatic heterocycles. The van der Waals surface area contributed by atoms with Gasteiger partial charge in [-0.3, -0.25) is 4.79 Å². The number of amides is 1. The minimum atomic E-state index is -4.43. The Morgan fingerprint density at radius 3 is 2.39 bits per heavy atom. The van der Waals surface area contributed by atoms with Crippen molar-refractivity contribution in [3.8, 4) is 5.88 Å².